The van der Waals surface area contributed by atoms with Gasteiger partial charge in [-0.2, -0.15) is 0 Å². The zero-order valence-electron chi connectivity index (χ0n) is 11.7. The molecule has 1 aromatic carbocycles. The molecule has 0 radical (unpaired) electrons. The van der Waals surface area contributed by atoms with Crippen molar-refractivity contribution in [2.24, 2.45) is 5.73 Å². The number of halogens is 1. The second-order valence-electron chi connectivity index (χ2n) is 4.99. The minimum atomic E-state index is -0.751. The standard InChI is InChI=1S/C15H21FN2O2/c1-2-20-14(11-5-7-12(16)8-6-11)13(17)15(19)18-9-3-4-10-18/h5-8,13-14H,2-4,9-10,17H2,1H3. The van der Waals surface area contributed by atoms with Gasteiger partial charge in [-0.05, 0) is 37.5 Å². The third-order valence-electron chi connectivity index (χ3n) is 3.57. The van der Waals surface area contributed by atoms with Crippen LogP contribution in [-0.2, 0) is 9.53 Å². The zero-order valence-corrected chi connectivity index (χ0v) is 11.7. The minimum absolute atomic E-state index is 0.0923. The van der Waals surface area contributed by atoms with Crippen LogP contribution in [-0.4, -0.2) is 36.5 Å². The normalized spacial score (nSPS) is 18.1. The van der Waals surface area contributed by atoms with Crippen molar-refractivity contribution in [2.75, 3.05) is 19.7 Å². The van der Waals surface area contributed by atoms with E-state index in [1.54, 1.807) is 17.0 Å². The van der Waals surface area contributed by atoms with Crippen LogP contribution >= 0.6 is 0 Å². The summed E-state index contributed by atoms with van der Waals surface area (Å²) in [5.74, 6) is -0.409. The maximum Gasteiger partial charge on any atom is 0.242 e. The summed E-state index contributed by atoms with van der Waals surface area (Å²) >= 11 is 0. The Hall–Kier alpha value is -1.46. The summed E-state index contributed by atoms with van der Waals surface area (Å²) < 4.78 is 18.6. The quantitative estimate of drug-likeness (QED) is 0.895. The molecule has 20 heavy (non-hydrogen) atoms. The molecule has 2 unspecified atom stereocenters. The molecule has 1 heterocycles. The summed E-state index contributed by atoms with van der Waals surface area (Å²) in [5.41, 5.74) is 6.82. The number of hydrogen-bond acceptors (Lipinski definition) is 3. The van der Waals surface area contributed by atoms with E-state index in [1.807, 2.05) is 6.92 Å². The molecule has 1 fully saturated rings. The van der Waals surface area contributed by atoms with Gasteiger partial charge in [-0.3, -0.25) is 4.79 Å². The van der Waals surface area contributed by atoms with E-state index in [-0.39, 0.29) is 11.7 Å². The van der Waals surface area contributed by atoms with Crippen LogP contribution in [0.25, 0.3) is 0 Å². The summed E-state index contributed by atoms with van der Waals surface area (Å²) in [6, 6.07) is 5.20. The van der Waals surface area contributed by atoms with Gasteiger partial charge in [0.2, 0.25) is 5.91 Å². The SMILES string of the molecule is CCOC(c1ccc(F)cc1)C(N)C(=O)N1CCCC1. The fraction of sp³-hybridized carbons (Fsp3) is 0.533. The van der Waals surface area contributed by atoms with Gasteiger partial charge in [-0.25, -0.2) is 4.39 Å². The maximum absolute atomic E-state index is 13.0. The predicted octanol–water partition coefficient (Wildman–Crippen LogP) is 1.85. The number of ether oxygens (including phenoxy) is 1. The van der Waals surface area contributed by atoms with Crippen molar-refractivity contribution in [3.05, 3.63) is 35.6 Å². The Morgan fingerprint density at radius 1 is 1.35 bits per heavy atom. The Bertz CT molecular complexity index is 444. The highest BCUT2D eigenvalue weighted by atomic mass is 19.1. The number of nitrogens with two attached hydrogens (primary N) is 1. The van der Waals surface area contributed by atoms with Crippen molar-refractivity contribution >= 4 is 5.91 Å². The van der Waals surface area contributed by atoms with Crippen LogP contribution in [0.3, 0.4) is 0 Å². The number of nitrogens with zero attached hydrogens (tertiary/aromatic N) is 1. The first-order chi connectivity index (χ1) is 9.63. The predicted molar refractivity (Wildman–Crippen MR) is 74.6 cm³/mol. The van der Waals surface area contributed by atoms with Gasteiger partial charge < -0.3 is 15.4 Å². The summed E-state index contributed by atoms with van der Waals surface area (Å²) in [6.45, 7) is 3.82. The van der Waals surface area contributed by atoms with Crippen LogP contribution in [0.5, 0.6) is 0 Å². The lowest BCUT2D eigenvalue weighted by atomic mass is 10.0. The average Bonchev–Trinajstić information content (AvgIpc) is 2.98. The number of carbonyl (C=O) groups excluding carboxylic acids is 1. The summed E-state index contributed by atoms with van der Waals surface area (Å²) in [5, 5.41) is 0. The first-order valence-electron chi connectivity index (χ1n) is 7.05. The molecule has 110 valence electrons. The van der Waals surface area contributed by atoms with Crippen molar-refractivity contribution in [3.63, 3.8) is 0 Å². The van der Waals surface area contributed by atoms with E-state index >= 15 is 0 Å². The molecule has 1 saturated heterocycles. The Balaban J connectivity index is 2.14. The fourth-order valence-electron chi connectivity index (χ4n) is 2.52. The van der Waals surface area contributed by atoms with Gasteiger partial charge in [-0.15, -0.1) is 0 Å². The van der Waals surface area contributed by atoms with Crippen molar-refractivity contribution in [3.8, 4) is 0 Å². The first-order valence-corrected chi connectivity index (χ1v) is 7.05. The molecular formula is C15H21FN2O2. The lowest BCUT2D eigenvalue weighted by Crippen LogP contribution is -2.46. The third kappa shape index (κ3) is 3.35. The fourth-order valence-corrected chi connectivity index (χ4v) is 2.52. The Morgan fingerprint density at radius 2 is 1.95 bits per heavy atom. The minimum Gasteiger partial charge on any atom is -0.372 e. The molecule has 0 bridgehead atoms. The number of amides is 1. The number of hydrogen-bond donors (Lipinski definition) is 1. The molecule has 2 rings (SSSR count). The Morgan fingerprint density at radius 3 is 2.50 bits per heavy atom. The van der Waals surface area contributed by atoms with E-state index in [4.69, 9.17) is 10.5 Å². The maximum atomic E-state index is 13.0. The lowest BCUT2D eigenvalue weighted by molar-refractivity contribution is -0.135. The van der Waals surface area contributed by atoms with Crippen molar-refractivity contribution < 1.29 is 13.9 Å². The second kappa shape index (κ2) is 6.81. The van der Waals surface area contributed by atoms with Crippen molar-refractivity contribution in [1.82, 2.24) is 4.90 Å². The molecule has 2 atom stereocenters. The molecule has 1 amide bonds. The monoisotopic (exact) mass is 280 g/mol. The van der Waals surface area contributed by atoms with E-state index in [1.165, 1.54) is 12.1 Å². The van der Waals surface area contributed by atoms with E-state index in [0.717, 1.165) is 31.5 Å². The topological polar surface area (TPSA) is 55.6 Å². The average molecular weight is 280 g/mol. The summed E-state index contributed by atoms with van der Waals surface area (Å²) in [6.07, 6.45) is 1.51. The highest BCUT2D eigenvalue weighted by Crippen LogP contribution is 2.23. The molecule has 1 aliphatic heterocycles. The van der Waals surface area contributed by atoms with Crippen molar-refractivity contribution in [2.45, 2.75) is 31.9 Å². The molecule has 0 saturated carbocycles. The van der Waals surface area contributed by atoms with Gasteiger partial charge in [0, 0.05) is 19.7 Å². The number of carbonyl (C=O) groups is 1. The Kier molecular flexibility index (Phi) is 5.09. The molecule has 0 spiro atoms. The van der Waals surface area contributed by atoms with Gasteiger partial charge in [0.25, 0.3) is 0 Å². The first kappa shape index (κ1) is 14.9. The zero-order chi connectivity index (χ0) is 14.5. The smallest absolute Gasteiger partial charge is 0.242 e. The molecule has 0 aliphatic carbocycles. The van der Waals surface area contributed by atoms with E-state index < -0.39 is 12.1 Å². The summed E-state index contributed by atoms with van der Waals surface area (Å²) in [4.78, 5) is 14.1. The van der Waals surface area contributed by atoms with Gasteiger partial charge in [0.15, 0.2) is 0 Å². The van der Waals surface area contributed by atoms with Crippen LogP contribution in [0.4, 0.5) is 4.39 Å². The second-order valence-corrected chi connectivity index (χ2v) is 4.99. The molecule has 4 nitrogen and oxygen atoms in total. The Labute approximate surface area is 118 Å². The molecule has 0 aromatic heterocycles. The van der Waals surface area contributed by atoms with Crippen LogP contribution in [0, 0.1) is 5.82 Å². The highest BCUT2D eigenvalue weighted by Gasteiger charge is 2.31. The molecule has 1 aliphatic rings. The van der Waals surface area contributed by atoms with Crippen LogP contribution < -0.4 is 5.73 Å². The van der Waals surface area contributed by atoms with Gasteiger partial charge in [0.1, 0.15) is 18.0 Å². The number of rotatable bonds is 5. The largest absolute Gasteiger partial charge is 0.372 e. The van der Waals surface area contributed by atoms with Gasteiger partial charge in [-0.1, -0.05) is 12.1 Å². The highest BCUT2D eigenvalue weighted by molar-refractivity contribution is 5.82. The molecule has 2 N–H and O–H groups in total. The molecule has 1 aromatic rings. The van der Waals surface area contributed by atoms with E-state index in [0.29, 0.717) is 6.61 Å². The van der Waals surface area contributed by atoms with Crippen LogP contribution in [0.1, 0.15) is 31.4 Å². The number of benzene rings is 1. The van der Waals surface area contributed by atoms with Crippen molar-refractivity contribution in [1.29, 1.82) is 0 Å². The summed E-state index contributed by atoms with van der Waals surface area (Å²) in [7, 11) is 0. The molecule has 5 heteroatoms. The van der Waals surface area contributed by atoms with E-state index in [2.05, 4.69) is 0 Å². The van der Waals surface area contributed by atoms with Gasteiger partial charge >= 0.3 is 0 Å². The van der Waals surface area contributed by atoms with Crippen LogP contribution in [0.15, 0.2) is 24.3 Å². The third-order valence-corrected chi connectivity index (χ3v) is 3.57. The number of likely N-dealkylation sites (tertiary alicyclic amines) is 1. The van der Waals surface area contributed by atoms with Gasteiger partial charge in [0.05, 0.1) is 0 Å². The molecular weight excluding hydrogens is 259 g/mol. The van der Waals surface area contributed by atoms with Crippen LogP contribution in [0.2, 0.25) is 0 Å². The lowest BCUT2D eigenvalue weighted by Gasteiger charge is -2.27. The van der Waals surface area contributed by atoms with E-state index in [9.17, 15) is 9.18 Å².